The van der Waals surface area contributed by atoms with Crippen molar-refractivity contribution in [1.29, 1.82) is 0 Å². The van der Waals surface area contributed by atoms with Gasteiger partial charge in [-0.25, -0.2) is 12.8 Å². The first-order valence-electron chi connectivity index (χ1n) is 7.81. The van der Waals surface area contributed by atoms with Gasteiger partial charge in [0.05, 0.1) is 11.4 Å². The average Bonchev–Trinajstić information content (AvgIpc) is 2.50. The molecule has 140 valence electrons. The second-order valence-corrected chi connectivity index (χ2v) is 9.03. The quantitative estimate of drug-likeness (QED) is 0.765. The zero-order chi connectivity index (χ0) is 19.6. The Morgan fingerprint density at radius 2 is 1.73 bits per heavy atom. The van der Waals surface area contributed by atoms with Gasteiger partial charge >= 0.3 is 0 Å². The van der Waals surface area contributed by atoms with Crippen LogP contribution in [0.1, 0.15) is 16.7 Å². The van der Waals surface area contributed by atoms with Crippen LogP contribution in [-0.4, -0.2) is 32.2 Å². The van der Waals surface area contributed by atoms with Crippen LogP contribution in [0.25, 0.3) is 0 Å². The monoisotopic (exact) mass is 442 g/mol. The van der Waals surface area contributed by atoms with Gasteiger partial charge in [-0.05, 0) is 66.0 Å². The van der Waals surface area contributed by atoms with E-state index in [1.807, 2.05) is 32.9 Å². The van der Waals surface area contributed by atoms with Crippen molar-refractivity contribution in [2.75, 3.05) is 18.9 Å². The van der Waals surface area contributed by atoms with E-state index in [2.05, 4.69) is 21.2 Å². The van der Waals surface area contributed by atoms with Crippen molar-refractivity contribution >= 4 is 37.5 Å². The van der Waals surface area contributed by atoms with E-state index in [9.17, 15) is 17.6 Å². The van der Waals surface area contributed by atoms with Crippen molar-refractivity contribution < 1.29 is 17.6 Å². The number of carbonyl (C=O) groups excluding carboxylic acids is 1. The first-order chi connectivity index (χ1) is 12.0. The Morgan fingerprint density at radius 3 is 2.27 bits per heavy atom. The summed E-state index contributed by atoms with van der Waals surface area (Å²) in [5.74, 6) is -1.01. The number of likely N-dealkylation sites (N-methyl/N-ethyl adjacent to an activating group) is 1. The summed E-state index contributed by atoms with van der Waals surface area (Å²) < 4.78 is 39.5. The molecule has 0 atom stereocenters. The standard InChI is InChI=1S/C18H20BrFN2O3S/c1-11-7-12(2)18(13(3)8-11)21-17(23)10-22(4)26(24,25)16-6-5-14(20)9-15(16)19/h5-9H,10H2,1-4H3,(H,21,23). The molecular formula is C18H20BrFN2O3S. The van der Waals surface area contributed by atoms with Gasteiger partial charge in [0.1, 0.15) is 5.82 Å². The van der Waals surface area contributed by atoms with E-state index in [1.165, 1.54) is 7.05 Å². The molecule has 0 fully saturated rings. The number of sulfonamides is 1. The maximum atomic E-state index is 13.2. The fourth-order valence-corrected chi connectivity index (χ4v) is 4.83. The molecule has 0 aliphatic heterocycles. The lowest BCUT2D eigenvalue weighted by atomic mass is 10.1. The third kappa shape index (κ3) is 4.49. The van der Waals surface area contributed by atoms with Crippen LogP contribution in [0.15, 0.2) is 39.7 Å². The molecule has 0 saturated heterocycles. The minimum atomic E-state index is -3.94. The number of hydrogen-bond donors (Lipinski definition) is 1. The van der Waals surface area contributed by atoms with Crippen LogP contribution in [0, 0.1) is 26.6 Å². The Morgan fingerprint density at radius 1 is 1.15 bits per heavy atom. The zero-order valence-corrected chi connectivity index (χ0v) is 17.3. The highest BCUT2D eigenvalue weighted by Crippen LogP contribution is 2.26. The van der Waals surface area contributed by atoms with E-state index in [0.717, 1.165) is 39.2 Å². The van der Waals surface area contributed by atoms with Crippen molar-refractivity contribution in [1.82, 2.24) is 4.31 Å². The van der Waals surface area contributed by atoms with Crippen LogP contribution in [0.2, 0.25) is 0 Å². The number of benzene rings is 2. The van der Waals surface area contributed by atoms with Crippen molar-refractivity contribution in [3.05, 3.63) is 57.3 Å². The summed E-state index contributed by atoms with van der Waals surface area (Å²) in [5.41, 5.74) is 3.57. The molecule has 2 aromatic carbocycles. The number of halogens is 2. The molecule has 0 saturated carbocycles. The number of rotatable bonds is 5. The second-order valence-electron chi connectivity index (χ2n) is 6.16. The molecule has 1 N–H and O–H groups in total. The number of nitrogens with zero attached hydrogens (tertiary/aromatic N) is 1. The molecule has 0 aliphatic carbocycles. The number of aryl methyl sites for hydroxylation is 3. The lowest BCUT2D eigenvalue weighted by molar-refractivity contribution is -0.116. The summed E-state index contributed by atoms with van der Waals surface area (Å²) in [6.45, 7) is 5.36. The minimum Gasteiger partial charge on any atom is -0.324 e. The predicted octanol–water partition coefficient (Wildman–Crippen LogP) is 3.77. The molecular weight excluding hydrogens is 423 g/mol. The highest BCUT2D eigenvalue weighted by atomic mass is 79.9. The van der Waals surface area contributed by atoms with Crippen molar-refractivity contribution in [3.63, 3.8) is 0 Å². The Hall–Kier alpha value is -1.77. The van der Waals surface area contributed by atoms with Crippen LogP contribution in [0.5, 0.6) is 0 Å². The van der Waals surface area contributed by atoms with Gasteiger partial charge in [-0.15, -0.1) is 0 Å². The number of hydrogen-bond acceptors (Lipinski definition) is 3. The van der Waals surface area contributed by atoms with E-state index in [1.54, 1.807) is 0 Å². The third-order valence-electron chi connectivity index (χ3n) is 3.89. The molecule has 5 nitrogen and oxygen atoms in total. The van der Waals surface area contributed by atoms with E-state index in [-0.39, 0.29) is 15.9 Å². The topological polar surface area (TPSA) is 66.5 Å². The fourth-order valence-electron chi connectivity index (χ4n) is 2.70. The summed E-state index contributed by atoms with van der Waals surface area (Å²) in [4.78, 5) is 12.2. The molecule has 2 rings (SSSR count). The Bertz CT molecular complexity index is 938. The van der Waals surface area contributed by atoms with E-state index in [4.69, 9.17) is 0 Å². The second kappa shape index (κ2) is 7.85. The van der Waals surface area contributed by atoms with Gasteiger partial charge in [0.25, 0.3) is 0 Å². The Kier molecular flexibility index (Phi) is 6.21. The van der Waals surface area contributed by atoms with Crippen LogP contribution in [-0.2, 0) is 14.8 Å². The molecule has 0 aliphatic rings. The molecule has 1 amide bonds. The smallest absolute Gasteiger partial charge is 0.244 e. The first-order valence-corrected chi connectivity index (χ1v) is 10.0. The predicted molar refractivity (Wildman–Crippen MR) is 103 cm³/mol. The number of anilines is 1. The number of nitrogens with one attached hydrogen (secondary N) is 1. The summed E-state index contributed by atoms with van der Waals surface area (Å²) in [5, 5.41) is 2.77. The van der Waals surface area contributed by atoms with Crippen LogP contribution >= 0.6 is 15.9 Å². The van der Waals surface area contributed by atoms with Crippen LogP contribution in [0.4, 0.5) is 10.1 Å². The van der Waals surface area contributed by atoms with E-state index in [0.29, 0.717) is 5.69 Å². The van der Waals surface area contributed by atoms with Gasteiger partial charge in [-0.1, -0.05) is 17.7 Å². The molecule has 0 bridgehead atoms. The van der Waals surface area contributed by atoms with Crippen LogP contribution < -0.4 is 5.32 Å². The Labute approximate surface area is 161 Å². The van der Waals surface area contributed by atoms with Gasteiger partial charge in [0, 0.05) is 17.2 Å². The average molecular weight is 443 g/mol. The van der Waals surface area contributed by atoms with Crippen LogP contribution in [0.3, 0.4) is 0 Å². The molecule has 0 unspecified atom stereocenters. The normalized spacial score (nSPS) is 11.7. The molecule has 2 aromatic rings. The van der Waals surface area contributed by atoms with Gasteiger partial charge in [-0.3, -0.25) is 4.79 Å². The van der Waals surface area contributed by atoms with Gasteiger partial charge in [0.2, 0.25) is 15.9 Å². The van der Waals surface area contributed by atoms with E-state index >= 15 is 0 Å². The molecule has 0 heterocycles. The Balaban J connectivity index is 2.18. The molecule has 8 heteroatoms. The molecule has 0 aromatic heterocycles. The lowest BCUT2D eigenvalue weighted by Gasteiger charge is -2.19. The first kappa shape index (κ1) is 20.5. The largest absolute Gasteiger partial charge is 0.324 e. The van der Waals surface area contributed by atoms with Crippen molar-refractivity contribution in [3.8, 4) is 0 Å². The lowest BCUT2D eigenvalue weighted by Crippen LogP contribution is -2.35. The summed E-state index contributed by atoms with van der Waals surface area (Å²) in [6, 6.07) is 7.18. The van der Waals surface area contributed by atoms with Crippen molar-refractivity contribution in [2.45, 2.75) is 25.7 Å². The van der Waals surface area contributed by atoms with Gasteiger partial charge in [0.15, 0.2) is 0 Å². The maximum Gasteiger partial charge on any atom is 0.244 e. The molecule has 26 heavy (non-hydrogen) atoms. The third-order valence-corrected chi connectivity index (χ3v) is 6.67. The minimum absolute atomic E-state index is 0.100. The number of carbonyl (C=O) groups is 1. The van der Waals surface area contributed by atoms with Gasteiger partial charge < -0.3 is 5.32 Å². The molecule has 0 radical (unpaired) electrons. The van der Waals surface area contributed by atoms with E-state index < -0.39 is 21.7 Å². The fraction of sp³-hybridized carbons (Fsp3) is 0.278. The maximum absolute atomic E-state index is 13.2. The SMILES string of the molecule is Cc1cc(C)c(NC(=O)CN(C)S(=O)(=O)c2ccc(F)cc2Br)c(C)c1. The summed E-state index contributed by atoms with van der Waals surface area (Å²) in [6.07, 6.45) is 0. The van der Waals surface area contributed by atoms with Gasteiger partial charge in [-0.2, -0.15) is 4.31 Å². The zero-order valence-electron chi connectivity index (χ0n) is 14.9. The highest BCUT2D eigenvalue weighted by Gasteiger charge is 2.25. The summed E-state index contributed by atoms with van der Waals surface area (Å²) >= 11 is 3.05. The van der Waals surface area contributed by atoms with Crippen molar-refractivity contribution in [2.24, 2.45) is 0 Å². The number of amides is 1. The summed E-state index contributed by atoms with van der Waals surface area (Å²) in [7, 11) is -2.64. The highest BCUT2D eigenvalue weighted by molar-refractivity contribution is 9.10. The molecule has 0 spiro atoms.